The third-order valence-corrected chi connectivity index (χ3v) is 3.99. The first-order chi connectivity index (χ1) is 7.58. The number of hydrogen-bond donors (Lipinski definition) is 1. The number of sulfonamides is 1. The van der Waals surface area contributed by atoms with Crippen LogP contribution in [0.2, 0.25) is 5.15 Å². The fraction of sp³-hybridized carbons (Fsp3) is 0.500. The Morgan fingerprint density at radius 1 is 1.44 bits per heavy atom. The lowest BCUT2D eigenvalue weighted by molar-refractivity contribution is 0.575. The first-order valence-electron chi connectivity index (χ1n) is 5.18. The van der Waals surface area contributed by atoms with Crippen molar-refractivity contribution in [1.29, 1.82) is 0 Å². The van der Waals surface area contributed by atoms with Gasteiger partial charge in [0.05, 0.1) is 0 Å². The highest BCUT2D eigenvalue weighted by Crippen LogP contribution is 2.17. The van der Waals surface area contributed by atoms with Crippen LogP contribution in [0, 0.1) is 0 Å². The van der Waals surface area contributed by atoms with Gasteiger partial charge in [0.25, 0.3) is 0 Å². The summed E-state index contributed by atoms with van der Waals surface area (Å²) in [6, 6.07) is 2.99. The van der Waals surface area contributed by atoms with Crippen LogP contribution in [-0.4, -0.2) is 19.9 Å². The van der Waals surface area contributed by atoms with Crippen LogP contribution < -0.4 is 4.72 Å². The molecule has 6 heteroatoms. The SMILES string of the molecule is CCCCCNS(=O)(=O)c1cccnc1Cl. The van der Waals surface area contributed by atoms with Gasteiger partial charge in [0.2, 0.25) is 10.0 Å². The average molecular weight is 263 g/mol. The lowest BCUT2D eigenvalue weighted by Gasteiger charge is -2.06. The summed E-state index contributed by atoms with van der Waals surface area (Å²) < 4.78 is 26.1. The largest absolute Gasteiger partial charge is 0.243 e. The quantitative estimate of drug-likeness (QED) is 0.632. The van der Waals surface area contributed by atoms with E-state index in [1.807, 2.05) is 0 Å². The number of nitrogens with one attached hydrogen (secondary N) is 1. The van der Waals surface area contributed by atoms with E-state index in [9.17, 15) is 8.42 Å². The zero-order valence-corrected chi connectivity index (χ0v) is 10.7. The monoisotopic (exact) mass is 262 g/mol. The highest BCUT2D eigenvalue weighted by molar-refractivity contribution is 7.89. The van der Waals surface area contributed by atoms with Crippen molar-refractivity contribution in [2.24, 2.45) is 0 Å². The van der Waals surface area contributed by atoms with Gasteiger partial charge >= 0.3 is 0 Å². The molecule has 16 heavy (non-hydrogen) atoms. The smallest absolute Gasteiger partial charge is 0.243 e. The minimum atomic E-state index is -3.52. The second-order valence-corrected chi connectivity index (χ2v) is 5.49. The third kappa shape index (κ3) is 3.73. The minimum Gasteiger partial charge on any atom is -0.243 e. The molecule has 0 unspecified atom stereocenters. The number of hydrogen-bond acceptors (Lipinski definition) is 3. The van der Waals surface area contributed by atoms with E-state index in [0.29, 0.717) is 6.54 Å². The van der Waals surface area contributed by atoms with Crippen molar-refractivity contribution < 1.29 is 8.42 Å². The Morgan fingerprint density at radius 3 is 2.81 bits per heavy atom. The molecule has 0 fully saturated rings. The van der Waals surface area contributed by atoms with Gasteiger partial charge in [-0.05, 0) is 18.6 Å². The topological polar surface area (TPSA) is 59.1 Å². The van der Waals surface area contributed by atoms with Crippen LogP contribution in [0.1, 0.15) is 26.2 Å². The van der Waals surface area contributed by atoms with Crippen molar-refractivity contribution >= 4 is 21.6 Å². The fourth-order valence-corrected chi connectivity index (χ4v) is 2.76. The Labute approximate surface area is 101 Å². The fourth-order valence-electron chi connectivity index (χ4n) is 1.23. The standard InChI is InChI=1S/C10H15ClN2O2S/c1-2-3-4-8-13-16(14,15)9-6-5-7-12-10(9)11/h5-7,13H,2-4,8H2,1H3. The van der Waals surface area contributed by atoms with Crippen LogP contribution >= 0.6 is 11.6 Å². The van der Waals surface area contributed by atoms with Gasteiger partial charge in [0.15, 0.2) is 0 Å². The van der Waals surface area contributed by atoms with Gasteiger partial charge in [-0.1, -0.05) is 31.4 Å². The van der Waals surface area contributed by atoms with E-state index < -0.39 is 10.0 Å². The maximum absolute atomic E-state index is 11.8. The molecule has 0 spiro atoms. The number of aromatic nitrogens is 1. The van der Waals surface area contributed by atoms with E-state index >= 15 is 0 Å². The van der Waals surface area contributed by atoms with Crippen LogP contribution in [0.5, 0.6) is 0 Å². The second-order valence-electron chi connectivity index (χ2n) is 3.40. The molecule has 1 heterocycles. The molecule has 1 N–H and O–H groups in total. The molecule has 1 aromatic rings. The van der Waals surface area contributed by atoms with Crippen LogP contribution in [0.15, 0.2) is 23.2 Å². The maximum atomic E-state index is 11.8. The molecule has 0 radical (unpaired) electrons. The highest BCUT2D eigenvalue weighted by Gasteiger charge is 2.17. The van der Waals surface area contributed by atoms with E-state index in [1.54, 1.807) is 6.07 Å². The van der Waals surface area contributed by atoms with Crippen molar-refractivity contribution in [3.05, 3.63) is 23.5 Å². The van der Waals surface area contributed by atoms with Crippen LogP contribution in [0.3, 0.4) is 0 Å². The summed E-state index contributed by atoms with van der Waals surface area (Å²) in [6.45, 7) is 2.49. The molecule has 0 saturated carbocycles. The molecular formula is C10H15ClN2O2S. The third-order valence-electron chi connectivity index (χ3n) is 2.09. The highest BCUT2D eigenvalue weighted by atomic mass is 35.5. The summed E-state index contributed by atoms with van der Waals surface area (Å²) in [5.41, 5.74) is 0. The summed E-state index contributed by atoms with van der Waals surface area (Å²) in [5.74, 6) is 0. The minimum absolute atomic E-state index is 0.00508. The Morgan fingerprint density at radius 2 is 2.19 bits per heavy atom. The summed E-state index contributed by atoms with van der Waals surface area (Å²) in [5, 5.41) is 0.00508. The molecule has 1 aromatic heterocycles. The predicted octanol–water partition coefficient (Wildman–Crippen LogP) is 2.20. The second kappa shape index (κ2) is 6.18. The molecule has 0 saturated heterocycles. The van der Waals surface area contributed by atoms with Crippen molar-refractivity contribution in [3.8, 4) is 0 Å². The molecule has 0 aliphatic rings. The molecule has 0 amide bonds. The average Bonchev–Trinajstić information content (AvgIpc) is 2.25. The molecule has 0 bridgehead atoms. The Bertz CT molecular complexity index is 434. The molecular weight excluding hydrogens is 248 g/mol. The lowest BCUT2D eigenvalue weighted by Crippen LogP contribution is -2.25. The first-order valence-corrected chi connectivity index (χ1v) is 7.04. The van der Waals surface area contributed by atoms with E-state index in [2.05, 4.69) is 16.6 Å². The molecule has 1 rings (SSSR count). The number of pyridine rings is 1. The zero-order valence-electron chi connectivity index (χ0n) is 9.11. The summed E-state index contributed by atoms with van der Waals surface area (Å²) in [6.07, 6.45) is 4.34. The molecule has 0 aliphatic carbocycles. The van der Waals surface area contributed by atoms with E-state index in [0.717, 1.165) is 19.3 Å². The summed E-state index contributed by atoms with van der Waals surface area (Å²) >= 11 is 5.72. The molecule has 0 atom stereocenters. The van der Waals surface area contributed by atoms with E-state index in [4.69, 9.17) is 11.6 Å². The van der Waals surface area contributed by atoms with Gasteiger partial charge in [-0.25, -0.2) is 18.1 Å². The number of unbranched alkanes of at least 4 members (excludes halogenated alkanes) is 2. The Hall–Kier alpha value is -0.650. The van der Waals surface area contributed by atoms with Gasteiger partial charge < -0.3 is 0 Å². The first kappa shape index (κ1) is 13.4. The number of nitrogens with zero attached hydrogens (tertiary/aromatic N) is 1. The maximum Gasteiger partial charge on any atom is 0.243 e. The Balaban J connectivity index is 2.68. The van der Waals surface area contributed by atoms with Crippen LogP contribution in [0.4, 0.5) is 0 Å². The van der Waals surface area contributed by atoms with Crippen molar-refractivity contribution in [2.75, 3.05) is 6.54 Å². The Kier molecular flexibility index (Phi) is 5.18. The number of rotatable bonds is 6. The van der Waals surface area contributed by atoms with Crippen LogP contribution in [-0.2, 0) is 10.0 Å². The van der Waals surface area contributed by atoms with Crippen molar-refractivity contribution in [3.63, 3.8) is 0 Å². The van der Waals surface area contributed by atoms with Crippen molar-refractivity contribution in [1.82, 2.24) is 9.71 Å². The predicted molar refractivity (Wildman–Crippen MR) is 64.0 cm³/mol. The van der Waals surface area contributed by atoms with E-state index in [-0.39, 0.29) is 10.0 Å². The van der Waals surface area contributed by atoms with Gasteiger partial charge in [-0.15, -0.1) is 0 Å². The lowest BCUT2D eigenvalue weighted by atomic mass is 10.3. The molecule has 4 nitrogen and oxygen atoms in total. The van der Waals surface area contributed by atoms with Crippen LogP contribution in [0.25, 0.3) is 0 Å². The van der Waals surface area contributed by atoms with Crippen molar-refractivity contribution in [2.45, 2.75) is 31.1 Å². The normalized spacial score (nSPS) is 11.6. The van der Waals surface area contributed by atoms with Gasteiger partial charge in [0, 0.05) is 12.7 Å². The molecule has 0 aliphatic heterocycles. The van der Waals surface area contributed by atoms with E-state index in [1.165, 1.54) is 12.3 Å². The summed E-state index contributed by atoms with van der Waals surface area (Å²) in [7, 11) is -3.52. The summed E-state index contributed by atoms with van der Waals surface area (Å²) in [4.78, 5) is 3.77. The number of halogens is 1. The van der Waals surface area contributed by atoms with Gasteiger partial charge in [0.1, 0.15) is 10.0 Å². The van der Waals surface area contributed by atoms with Gasteiger partial charge in [-0.3, -0.25) is 0 Å². The zero-order chi connectivity index (χ0) is 12.0. The van der Waals surface area contributed by atoms with Gasteiger partial charge in [-0.2, -0.15) is 0 Å². The molecule has 90 valence electrons. The molecule has 0 aromatic carbocycles.